The Morgan fingerprint density at radius 2 is 2.15 bits per heavy atom. The summed E-state index contributed by atoms with van der Waals surface area (Å²) in [6.45, 7) is -2.38. The summed E-state index contributed by atoms with van der Waals surface area (Å²) in [5.74, 6) is -0.306. The molecule has 0 fully saturated rings. The molecule has 1 heterocycles. The van der Waals surface area contributed by atoms with Gasteiger partial charge in [0, 0.05) is 12.0 Å². The molecule has 0 saturated carbocycles. The fourth-order valence-corrected chi connectivity index (χ4v) is 3.08. The number of nitrogens with zero attached hydrogens (tertiary/aromatic N) is 1. The minimum absolute atomic E-state index is 0.104. The van der Waals surface area contributed by atoms with Crippen LogP contribution in [0.15, 0.2) is 48.5 Å². The largest absolute Gasteiger partial charge is 0.633 e. The molecule has 1 aliphatic rings. The Balaban J connectivity index is 2.03. The maximum Gasteiger partial charge on any atom is 0.307 e. The van der Waals surface area contributed by atoms with E-state index in [1.165, 1.54) is 0 Å². The second-order valence-electron chi connectivity index (χ2n) is 6.58. The number of quaternary nitrogens is 1. The molecule has 0 spiro atoms. The van der Waals surface area contributed by atoms with Crippen molar-refractivity contribution in [3.63, 3.8) is 0 Å². The average Bonchev–Trinajstić information content (AvgIpc) is 2.77. The number of hydrogen-bond donors (Lipinski definition) is 1. The number of fused-ring (bicyclic) bond motifs is 2. The Labute approximate surface area is 157 Å². The van der Waals surface area contributed by atoms with Gasteiger partial charge in [0.05, 0.1) is 31.1 Å². The van der Waals surface area contributed by atoms with E-state index in [1.807, 2.05) is 30.3 Å². The molecular formula is C21H23NO4. The topological polar surface area (TPSA) is 69.6 Å². The standard InChI is InChI=1S/C21H23NO4/c1-22(2,25)11-5-8-18-17-7-4-3-6-16(17)14-26-20-10-9-15(12-19(18)20)13-21(23)24/h3-4,6-10,12H,5,11,13-14H2,1-2H3,(H,23,24)/b18-8-/i1D3. The fourth-order valence-electron chi connectivity index (χ4n) is 3.08. The SMILES string of the molecule is [2H]C([2H])([2H])[N+](C)([O-])CC/C=C1/c2ccccc2COc2ccc(CC(=O)O)cc21. The molecular weight excluding hydrogens is 330 g/mol. The van der Waals surface area contributed by atoms with Crippen molar-refractivity contribution in [3.8, 4) is 5.75 Å². The molecule has 0 bridgehead atoms. The third-order valence-corrected chi connectivity index (χ3v) is 4.28. The van der Waals surface area contributed by atoms with Crippen molar-refractivity contribution in [3.05, 3.63) is 76.0 Å². The molecule has 1 unspecified atom stereocenters. The maximum absolute atomic E-state index is 12.4. The van der Waals surface area contributed by atoms with Crippen LogP contribution in [0, 0.1) is 5.21 Å². The monoisotopic (exact) mass is 356 g/mol. The first kappa shape index (κ1) is 14.5. The molecule has 0 aliphatic carbocycles. The van der Waals surface area contributed by atoms with Gasteiger partial charge in [-0.25, -0.2) is 0 Å². The lowest BCUT2D eigenvalue weighted by molar-refractivity contribution is -0.839. The lowest BCUT2D eigenvalue weighted by atomic mass is 9.92. The number of hydrogen-bond acceptors (Lipinski definition) is 3. The average molecular weight is 356 g/mol. The van der Waals surface area contributed by atoms with E-state index in [-0.39, 0.29) is 19.4 Å². The Morgan fingerprint density at radius 3 is 2.92 bits per heavy atom. The van der Waals surface area contributed by atoms with Gasteiger partial charge in [-0.05, 0) is 34.4 Å². The third-order valence-electron chi connectivity index (χ3n) is 4.28. The van der Waals surface area contributed by atoms with Crippen LogP contribution in [0.4, 0.5) is 0 Å². The number of ether oxygens (including phenoxy) is 1. The highest BCUT2D eigenvalue weighted by Crippen LogP contribution is 2.37. The van der Waals surface area contributed by atoms with Crippen LogP contribution in [0.2, 0.25) is 0 Å². The normalized spacial score (nSPS) is 19.0. The Bertz CT molecular complexity index is 951. The van der Waals surface area contributed by atoms with Crippen LogP contribution in [0.5, 0.6) is 5.75 Å². The zero-order valence-electron chi connectivity index (χ0n) is 17.6. The number of carboxylic acids is 1. The van der Waals surface area contributed by atoms with E-state index < -0.39 is 17.6 Å². The molecule has 2 aromatic carbocycles. The van der Waals surface area contributed by atoms with Gasteiger partial charge >= 0.3 is 5.97 Å². The molecule has 0 amide bonds. The van der Waals surface area contributed by atoms with Gasteiger partial charge in [-0.1, -0.05) is 36.4 Å². The van der Waals surface area contributed by atoms with Crippen LogP contribution in [0.1, 0.15) is 32.8 Å². The highest BCUT2D eigenvalue weighted by molar-refractivity contribution is 5.85. The van der Waals surface area contributed by atoms with Crippen molar-refractivity contribution in [2.75, 3.05) is 20.6 Å². The highest BCUT2D eigenvalue weighted by atomic mass is 16.5. The molecule has 5 heteroatoms. The quantitative estimate of drug-likeness (QED) is 0.656. The lowest BCUT2D eigenvalue weighted by Crippen LogP contribution is -2.32. The van der Waals surface area contributed by atoms with Gasteiger partial charge in [0.25, 0.3) is 0 Å². The van der Waals surface area contributed by atoms with Crippen LogP contribution in [-0.2, 0) is 17.8 Å². The first-order chi connectivity index (χ1) is 13.6. The van der Waals surface area contributed by atoms with E-state index >= 15 is 0 Å². The number of carboxylic acid groups (broad SMARTS) is 1. The zero-order valence-corrected chi connectivity index (χ0v) is 14.6. The summed E-state index contributed by atoms with van der Waals surface area (Å²) < 4.78 is 26.8. The van der Waals surface area contributed by atoms with Crippen LogP contribution in [0.3, 0.4) is 0 Å². The highest BCUT2D eigenvalue weighted by Gasteiger charge is 2.20. The summed E-state index contributed by atoms with van der Waals surface area (Å²) in [6, 6.07) is 13.0. The van der Waals surface area contributed by atoms with Gasteiger partial charge in [0.2, 0.25) is 0 Å². The minimum Gasteiger partial charge on any atom is -0.633 e. The van der Waals surface area contributed by atoms with Gasteiger partial charge in [0.1, 0.15) is 12.4 Å². The number of benzene rings is 2. The van der Waals surface area contributed by atoms with Crippen molar-refractivity contribution in [1.82, 2.24) is 0 Å². The van der Waals surface area contributed by atoms with Gasteiger partial charge < -0.3 is 19.7 Å². The number of rotatable bonds is 5. The molecule has 3 rings (SSSR count). The lowest BCUT2D eigenvalue weighted by Gasteiger charge is -2.33. The predicted octanol–water partition coefficient (Wildman–Crippen LogP) is 3.60. The molecule has 0 radical (unpaired) electrons. The van der Waals surface area contributed by atoms with Gasteiger partial charge in [-0.2, -0.15) is 0 Å². The van der Waals surface area contributed by atoms with E-state index in [9.17, 15) is 10.0 Å². The van der Waals surface area contributed by atoms with E-state index in [2.05, 4.69) is 0 Å². The van der Waals surface area contributed by atoms with E-state index in [4.69, 9.17) is 14.0 Å². The van der Waals surface area contributed by atoms with Gasteiger partial charge in [-0.15, -0.1) is 0 Å². The van der Waals surface area contributed by atoms with Gasteiger partial charge in [-0.3, -0.25) is 4.79 Å². The first-order valence-electron chi connectivity index (χ1n) is 9.91. The maximum atomic E-state index is 12.4. The predicted molar refractivity (Wildman–Crippen MR) is 101 cm³/mol. The number of aliphatic carboxylic acids is 1. The summed E-state index contributed by atoms with van der Waals surface area (Å²) in [6.07, 6.45) is 1.98. The summed E-state index contributed by atoms with van der Waals surface area (Å²) in [5, 5.41) is 21.5. The molecule has 136 valence electrons. The molecule has 5 nitrogen and oxygen atoms in total. The smallest absolute Gasteiger partial charge is 0.307 e. The summed E-state index contributed by atoms with van der Waals surface area (Å²) in [5.41, 5.74) is 4.07. The third kappa shape index (κ3) is 4.31. The van der Waals surface area contributed by atoms with E-state index in [0.29, 0.717) is 17.9 Å². The van der Waals surface area contributed by atoms with Crippen LogP contribution in [0.25, 0.3) is 5.57 Å². The minimum atomic E-state index is -2.64. The second-order valence-corrected chi connectivity index (χ2v) is 6.58. The molecule has 0 aromatic heterocycles. The Hall–Kier alpha value is -2.63. The second kappa shape index (κ2) is 7.32. The van der Waals surface area contributed by atoms with Crippen molar-refractivity contribution in [2.45, 2.75) is 19.4 Å². The summed E-state index contributed by atoms with van der Waals surface area (Å²) in [4.78, 5) is 11.1. The molecule has 26 heavy (non-hydrogen) atoms. The van der Waals surface area contributed by atoms with Crippen molar-refractivity contribution < 1.29 is 23.4 Å². The van der Waals surface area contributed by atoms with Crippen molar-refractivity contribution in [1.29, 1.82) is 0 Å². The summed E-state index contributed by atoms with van der Waals surface area (Å²) in [7, 11) is 1.15. The van der Waals surface area contributed by atoms with Gasteiger partial charge in [0.15, 0.2) is 0 Å². The van der Waals surface area contributed by atoms with Crippen LogP contribution >= 0.6 is 0 Å². The summed E-state index contributed by atoms with van der Waals surface area (Å²) >= 11 is 0. The van der Waals surface area contributed by atoms with Crippen LogP contribution < -0.4 is 4.74 Å². The Morgan fingerprint density at radius 1 is 1.35 bits per heavy atom. The molecule has 2 aromatic rings. The van der Waals surface area contributed by atoms with E-state index in [0.717, 1.165) is 29.3 Å². The molecule has 1 aliphatic heterocycles. The fraction of sp³-hybridized carbons (Fsp3) is 0.286. The Kier molecular flexibility index (Phi) is 4.09. The van der Waals surface area contributed by atoms with Crippen molar-refractivity contribution in [2.24, 2.45) is 0 Å². The van der Waals surface area contributed by atoms with Crippen molar-refractivity contribution >= 4 is 11.5 Å². The molecule has 0 saturated heterocycles. The number of hydroxylamine groups is 3. The zero-order chi connectivity index (χ0) is 21.2. The first-order valence-corrected chi connectivity index (χ1v) is 8.41. The molecule has 1 atom stereocenters. The number of carbonyl (C=O) groups is 1. The van der Waals surface area contributed by atoms with E-state index in [1.54, 1.807) is 18.2 Å². The van der Waals surface area contributed by atoms with Crippen LogP contribution in [-0.4, -0.2) is 36.3 Å². The molecule has 1 N–H and O–H groups in total.